The summed E-state index contributed by atoms with van der Waals surface area (Å²) in [6.45, 7) is 0.995. The average molecular weight is 185 g/mol. The van der Waals surface area contributed by atoms with Crippen LogP contribution in [0.25, 0.3) is 0 Å². The minimum absolute atomic E-state index is 0.134. The van der Waals surface area contributed by atoms with Crippen molar-refractivity contribution in [2.75, 3.05) is 18.2 Å². The number of anilines is 1. The molecule has 0 aliphatic carbocycles. The number of carbonyl (C=O) groups excluding carboxylic acids is 1. The van der Waals surface area contributed by atoms with E-state index in [0.29, 0.717) is 18.5 Å². The molecule has 7 heteroatoms. The third kappa shape index (κ3) is 1.23. The molecule has 1 aliphatic rings. The minimum atomic E-state index is -0.134. The monoisotopic (exact) mass is 185 g/mol. The van der Waals surface area contributed by atoms with Crippen LogP contribution in [-0.4, -0.2) is 29.6 Å². The Morgan fingerprint density at radius 3 is 3.25 bits per heavy atom. The molecule has 0 unspecified atom stereocenters. The molecule has 1 saturated heterocycles. The van der Waals surface area contributed by atoms with Crippen molar-refractivity contribution in [1.82, 2.24) is 20.8 Å². The maximum atomic E-state index is 11.2. The Kier molecular flexibility index (Phi) is 1.88. The van der Waals surface area contributed by atoms with Crippen LogP contribution in [0, 0.1) is 0 Å². The molecule has 1 aromatic rings. The number of carbonyl (C=O) groups is 1. The maximum Gasteiger partial charge on any atom is 0.325 e. The van der Waals surface area contributed by atoms with Crippen molar-refractivity contribution in [3.8, 4) is 0 Å². The molecule has 0 atom stereocenters. The van der Waals surface area contributed by atoms with Gasteiger partial charge in [0, 0.05) is 0 Å². The van der Waals surface area contributed by atoms with Gasteiger partial charge < -0.3 is 5.32 Å². The summed E-state index contributed by atoms with van der Waals surface area (Å²) in [7, 11) is 0. The van der Waals surface area contributed by atoms with Crippen LogP contribution in [0.1, 0.15) is 0 Å². The van der Waals surface area contributed by atoms with Gasteiger partial charge in [-0.25, -0.2) is 4.79 Å². The molecule has 2 N–H and O–H groups in total. The first kappa shape index (κ1) is 7.44. The van der Waals surface area contributed by atoms with E-state index in [1.807, 2.05) is 0 Å². The number of urea groups is 1. The molecule has 1 aromatic heterocycles. The van der Waals surface area contributed by atoms with Crippen molar-refractivity contribution in [2.45, 2.75) is 0 Å². The van der Waals surface area contributed by atoms with Gasteiger partial charge in [0.05, 0.1) is 13.3 Å². The van der Waals surface area contributed by atoms with Crippen molar-refractivity contribution in [2.24, 2.45) is 0 Å². The second kappa shape index (κ2) is 3.03. The molecule has 0 aromatic carbocycles. The fraction of sp³-hybridized carbons (Fsp3) is 0.400. The standard InChI is InChI=1S/C5H7N5OS/c11-4-7-1-6-2-10(4)5-9-8-3-12-5/h3,6H,1-2H2,(H,7,11). The Balaban J connectivity index is 2.17. The second-order valence-corrected chi connectivity index (χ2v) is 3.03. The van der Waals surface area contributed by atoms with E-state index in [-0.39, 0.29) is 6.03 Å². The SMILES string of the molecule is O=C1NCNCN1c1nncs1. The molecule has 2 rings (SSSR count). The molecule has 1 fully saturated rings. The summed E-state index contributed by atoms with van der Waals surface area (Å²) in [5, 5.41) is 13.7. The van der Waals surface area contributed by atoms with Gasteiger partial charge in [0.1, 0.15) is 5.51 Å². The molecule has 2 amide bonds. The zero-order valence-corrected chi connectivity index (χ0v) is 6.97. The van der Waals surface area contributed by atoms with Crippen LogP contribution in [0.5, 0.6) is 0 Å². The first-order chi connectivity index (χ1) is 5.88. The average Bonchev–Trinajstić information content (AvgIpc) is 2.57. The molecule has 0 saturated carbocycles. The first-order valence-electron chi connectivity index (χ1n) is 3.40. The van der Waals surface area contributed by atoms with Crippen molar-refractivity contribution in [3.05, 3.63) is 5.51 Å². The second-order valence-electron chi connectivity index (χ2n) is 2.22. The summed E-state index contributed by atoms with van der Waals surface area (Å²) < 4.78 is 0. The van der Waals surface area contributed by atoms with Crippen molar-refractivity contribution in [3.63, 3.8) is 0 Å². The fourth-order valence-corrected chi connectivity index (χ4v) is 1.47. The van der Waals surface area contributed by atoms with E-state index >= 15 is 0 Å². The lowest BCUT2D eigenvalue weighted by atomic mass is 10.6. The Hall–Kier alpha value is -1.21. The zero-order chi connectivity index (χ0) is 8.39. The highest BCUT2D eigenvalue weighted by Crippen LogP contribution is 2.15. The Morgan fingerprint density at radius 2 is 2.58 bits per heavy atom. The number of nitrogens with zero attached hydrogens (tertiary/aromatic N) is 3. The summed E-state index contributed by atoms with van der Waals surface area (Å²) in [6.07, 6.45) is 0. The van der Waals surface area contributed by atoms with E-state index in [1.165, 1.54) is 16.2 Å². The van der Waals surface area contributed by atoms with Crippen LogP contribution < -0.4 is 15.5 Å². The van der Waals surface area contributed by atoms with Gasteiger partial charge in [0.2, 0.25) is 5.13 Å². The highest BCUT2D eigenvalue weighted by Gasteiger charge is 2.20. The zero-order valence-electron chi connectivity index (χ0n) is 6.15. The van der Waals surface area contributed by atoms with Gasteiger partial charge in [-0.05, 0) is 0 Å². The lowest BCUT2D eigenvalue weighted by Gasteiger charge is -2.25. The molecule has 64 valence electrons. The summed E-state index contributed by atoms with van der Waals surface area (Å²) >= 11 is 1.34. The Labute approximate surface area is 72.6 Å². The number of hydrogen-bond acceptors (Lipinski definition) is 5. The molecule has 1 aliphatic heterocycles. The van der Waals surface area contributed by atoms with Crippen LogP contribution >= 0.6 is 11.3 Å². The molecule has 2 heterocycles. The normalized spacial score (nSPS) is 17.7. The van der Waals surface area contributed by atoms with E-state index in [2.05, 4.69) is 20.8 Å². The molecular formula is C5H7N5OS. The molecule has 0 radical (unpaired) electrons. The summed E-state index contributed by atoms with van der Waals surface area (Å²) in [4.78, 5) is 12.7. The van der Waals surface area contributed by atoms with Crippen LogP contribution in [0.4, 0.5) is 9.93 Å². The molecule has 0 bridgehead atoms. The number of hydrogen-bond donors (Lipinski definition) is 2. The van der Waals surface area contributed by atoms with Crippen LogP contribution in [-0.2, 0) is 0 Å². The number of rotatable bonds is 1. The quantitative estimate of drug-likeness (QED) is 0.623. The highest BCUT2D eigenvalue weighted by atomic mass is 32.1. The number of aromatic nitrogens is 2. The van der Waals surface area contributed by atoms with Gasteiger partial charge in [0.25, 0.3) is 0 Å². The minimum Gasteiger partial charge on any atom is -0.325 e. The largest absolute Gasteiger partial charge is 0.325 e. The van der Waals surface area contributed by atoms with E-state index in [0.717, 1.165) is 0 Å². The van der Waals surface area contributed by atoms with Gasteiger partial charge in [-0.15, -0.1) is 10.2 Å². The van der Waals surface area contributed by atoms with Gasteiger partial charge in [-0.1, -0.05) is 11.3 Å². The first-order valence-corrected chi connectivity index (χ1v) is 4.28. The van der Waals surface area contributed by atoms with E-state index in [1.54, 1.807) is 5.51 Å². The van der Waals surface area contributed by atoms with Crippen LogP contribution in [0.2, 0.25) is 0 Å². The molecule has 0 spiro atoms. The predicted molar refractivity (Wildman–Crippen MR) is 43.8 cm³/mol. The van der Waals surface area contributed by atoms with Gasteiger partial charge in [-0.3, -0.25) is 10.2 Å². The smallest absolute Gasteiger partial charge is 0.325 e. The van der Waals surface area contributed by atoms with Crippen molar-refractivity contribution < 1.29 is 4.79 Å². The van der Waals surface area contributed by atoms with Crippen molar-refractivity contribution in [1.29, 1.82) is 0 Å². The van der Waals surface area contributed by atoms with Gasteiger partial charge >= 0.3 is 6.03 Å². The van der Waals surface area contributed by atoms with Gasteiger partial charge in [-0.2, -0.15) is 0 Å². The topological polar surface area (TPSA) is 70.2 Å². The third-order valence-electron chi connectivity index (χ3n) is 1.46. The van der Waals surface area contributed by atoms with Crippen LogP contribution in [0.3, 0.4) is 0 Å². The summed E-state index contributed by atoms with van der Waals surface area (Å²) in [5.41, 5.74) is 1.59. The lowest BCUT2D eigenvalue weighted by molar-refractivity contribution is 0.240. The van der Waals surface area contributed by atoms with E-state index in [4.69, 9.17) is 0 Å². The summed E-state index contributed by atoms with van der Waals surface area (Å²) in [6, 6.07) is -0.134. The maximum absolute atomic E-state index is 11.2. The Bertz CT molecular complexity index is 273. The van der Waals surface area contributed by atoms with E-state index in [9.17, 15) is 4.79 Å². The summed E-state index contributed by atoms with van der Waals surface area (Å²) in [5.74, 6) is 0. The lowest BCUT2D eigenvalue weighted by Crippen LogP contribution is -2.54. The highest BCUT2D eigenvalue weighted by molar-refractivity contribution is 7.13. The Morgan fingerprint density at radius 1 is 1.67 bits per heavy atom. The molecule has 12 heavy (non-hydrogen) atoms. The van der Waals surface area contributed by atoms with Crippen molar-refractivity contribution >= 4 is 22.5 Å². The van der Waals surface area contributed by atoms with Gasteiger partial charge in [0.15, 0.2) is 0 Å². The molecular weight excluding hydrogens is 178 g/mol. The molecule has 6 nitrogen and oxygen atoms in total. The fourth-order valence-electron chi connectivity index (χ4n) is 0.912. The van der Waals surface area contributed by atoms with Crippen LogP contribution in [0.15, 0.2) is 5.51 Å². The number of nitrogens with one attached hydrogen (secondary N) is 2. The predicted octanol–water partition coefficient (Wildman–Crippen LogP) is -0.428. The van der Waals surface area contributed by atoms with E-state index < -0.39 is 0 Å². The third-order valence-corrected chi connectivity index (χ3v) is 2.17. The number of amides is 2.